The molecule has 1 atom stereocenters. The Morgan fingerprint density at radius 1 is 1.25 bits per heavy atom. The molecule has 1 rings (SSSR count). The number of carbonyl (C=O) groups excluding carboxylic acids is 1. The number of benzene rings is 1. The number of carbonyl (C=O) groups is 2. The summed E-state index contributed by atoms with van der Waals surface area (Å²) in [5.41, 5.74) is 0.113. The van der Waals surface area contributed by atoms with Gasteiger partial charge in [-0.25, -0.2) is 4.79 Å². The Morgan fingerprint density at radius 2 is 1.85 bits per heavy atom. The molecule has 0 bridgehead atoms. The Kier molecular flexibility index (Phi) is 5.70. The third-order valence-corrected chi connectivity index (χ3v) is 2.58. The third kappa shape index (κ3) is 5.84. The Labute approximate surface area is 118 Å². The molecule has 0 aliphatic heterocycles. The van der Waals surface area contributed by atoms with Gasteiger partial charge in [0.05, 0.1) is 5.60 Å². The smallest absolute Gasteiger partial charge is 0.326 e. The average Bonchev–Trinajstić information content (AvgIpc) is 2.37. The first-order valence-corrected chi connectivity index (χ1v) is 6.52. The maximum atomic E-state index is 11.9. The Hall–Kier alpha value is -1.88. The molecule has 0 fully saturated rings. The van der Waals surface area contributed by atoms with Crippen LogP contribution in [-0.2, 0) is 9.53 Å². The van der Waals surface area contributed by atoms with Crippen LogP contribution in [0.3, 0.4) is 0 Å². The molecule has 0 saturated heterocycles. The van der Waals surface area contributed by atoms with Crippen LogP contribution in [0.5, 0.6) is 0 Å². The van der Waals surface area contributed by atoms with E-state index in [4.69, 9.17) is 9.84 Å². The van der Waals surface area contributed by atoms with Crippen LogP contribution in [0.1, 0.15) is 37.6 Å². The molecule has 1 aromatic rings. The van der Waals surface area contributed by atoms with Gasteiger partial charge in [-0.3, -0.25) is 4.79 Å². The number of ether oxygens (including phenoxy) is 1. The molecule has 0 radical (unpaired) electrons. The van der Waals surface area contributed by atoms with Gasteiger partial charge >= 0.3 is 5.97 Å². The normalized spacial score (nSPS) is 12.8. The van der Waals surface area contributed by atoms with E-state index in [1.54, 1.807) is 30.3 Å². The van der Waals surface area contributed by atoms with Crippen LogP contribution < -0.4 is 5.32 Å². The van der Waals surface area contributed by atoms with E-state index in [0.717, 1.165) is 0 Å². The zero-order valence-corrected chi connectivity index (χ0v) is 12.1. The summed E-state index contributed by atoms with van der Waals surface area (Å²) in [4.78, 5) is 23.1. The van der Waals surface area contributed by atoms with Crippen LogP contribution in [0.15, 0.2) is 30.3 Å². The molecule has 0 spiro atoms. The lowest BCUT2D eigenvalue weighted by Crippen LogP contribution is -2.42. The van der Waals surface area contributed by atoms with Gasteiger partial charge in [0.1, 0.15) is 6.04 Å². The third-order valence-electron chi connectivity index (χ3n) is 2.58. The number of hydrogen-bond donors (Lipinski definition) is 2. The SMILES string of the molecule is CC(C)(C)OCCC(NC(=O)c1ccccc1)C(=O)O. The van der Waals surface area contributed by atoms with E-state index >= 15 is 0 Å². The van der Waals surface area contributed by atoms with E-state index in [1.807, 2.05) is 20.8 Å². The number of hydrogen-bond acceptors (Lipinski definition) is 3. The number of aliphatic carboxylic acids is 1. The van der Waals surface area contributed by atoms with Crippen LogP contribution in [0, 0.1) is 0 Å². The van der Waals surface area contributed by atoms with Gasteiger partial charge in [0.15, 0.2) is 0 Å². The van der Waals surface area contributed by atoms with Crippen LogP contribution in [0.4, 0.5) is 0 Å². The van der Waals surface area contributed by atoms with Crippen molar-refractivity contribution in [3.8, 4) is 0 Å². The van der Waals surface area contributed by atoms with Gasteiger partial charge in [-0.2, -0.15) is 0 Å². The van der Waals surface area contributed by atoms with Gasteiger partial charge in [0, 0.05) is 18.6 Å². The minimum atomic E-state index is -1.06. The molecule has 0 heterocycles. The lowest BCUT2D eigenvalue weighted by Gasteiger charge is -2.21. The summed E-state index contributed by atoms with van der Waals surface area (Å²) in [5.74, 6) is -1.46. The van der Waals surface area contributed by atoms with Crippen molar-refractivity contribution in [1.29, 1.82) is 0 Å². The Balaban J connectivity index is 2.55. The van der Waals surface area contributed by atoms with Crippen LogP contribution in [-0.4, -0.2) is 35.2 Å². The minimum Gasteiger partial charge on any atom is -0.480 e. The molecule has 1 aromatic carbocycles. The predicted octanol–water partition coefficient (Wildman–Crippen LogP) is 2.07. The lowest BCUT2D eigenvalue weighted by atomic mass is 10.1. The van der Waals surface area contributed by atoms with Crippen molar-refractivity contribution in [3.63, 3.8) is 0 Å². The van der Waals surface area contributed by atoms with E-state index in [1.165, 1.54) is 0 Å². The molecule has 0 aliphatic rings. The minimum absolute atomic E-state index is 0.227. The predicted molar refractivity (Wildman–Crippen MR) is 75.7 cm³/mol. The zero-order valence-electron chi connectivity index (χ0n) is 12.1. The molecule has 20 heavy (non-hydrogen) atoms. The molecular formula is C15H21NO4. The van der Waals surface area contributed by atoms with Gasteiger partial charge in [-0.05, 0) is 32.9 Å². The van der Waals surface area contributed by atoms with Crippen molar-refractivity contribution >= 4 is 11.9 Å². The van der Waals surface area contributed by atoms with Crippen molar-refractivity contribution < 1.29 is 19.4 Å². The Bertz CT molecular complexity index is 451. The van der Waals surface area contributed by atoms with Crippen molar-refractivity contribution in [2.45, 2.75) is 38.8 Å². The molecule has 1 unspecified atom stereocenters. The molecule has 1 amide bonds. The maximum Gasteiger partial charge on any atom is 0.326 e. The van der Waals surface area contributed by atoms with Gasteiger partial charge < -0.3 is 15.2 Å². The molecule has 0 aromatic heterocycles. The summed E-state index contributed by atoms with van der Waals surface area (Å²) >= 11 is 0. The lowest BCUT2D eigenvalue weighted by molar-refractivity contribution is -0.140. The van der Waals surface area contributed by atoms with E-state index < -0.39 is 17.9 Å². The zero-order chi connectivity index (χ0) is 15.2. The highest BCUT2D eigenvalue weighted by Crippen LogP contribution is 2.08. The molecule has 110 valence electrons. The van der Waals surface area contributed by atoms with Gasteiger partial charge in [0.25, 0.3) is 5.91 Å². The number of rotatable bonds is 6. The van der Waals surface area contributed by atoms with Gasteiger partial charge in [-0.15, -0.1) is 0 Å². The summed E-state index contributed by atoms with van der Waals surface area (Å²) in [7, 11) is 0. The van der Waals surface area contributed by atoms with Crippen LogP contribution in [0.25, 0.3) is 0 Å². The second-order valence-corrected chi connectivity index (χ2v) is 5.48. The first-order valence-electron chi connectivity index (χ1n) is 6.52. The molecule has 2 N–H and O–H groups in total. The monoisotopic (exact) mass is 279 g/mol. The first kappa shape index (κ1) is 16.2. The van der Waals surface area contributed by atoms with Gasteiger partial charge in [0.2, 0.25) is 0 Å². The summed E-state index contributed by atoms with van der Waals surface area (Å²) in [6.45, 7) is 5.96. The van der Waals surface area contributed by atoms with E-state index in [9.17, 15) is 9.59 Å². The van der Waals surface area contributed by atoms with Crippen LogP contribution in [0.2, 0.25) is 0 Å². The molecule has 0 aliphatic carbocycles. The quantitative estimate of drug-likeness (QED) is 0.836. The van der Waals surface area contributed by atoms with Crippen molar-refractivity contribution in [1.82, 2.24) is 5.32 Å². The topological polar surface area (TPSA) is 75.6 Å². The maximum absolute atomic E-state index is 11.9. The standard InChI is InChI=1S/C15H21NO4/c1-15(2,3)20-10-9-12(14(18)19)16-13(17)11-7-5-4-6-8-11/h4-8,12H,9-10H2,1-3H3,(H,16,17)(H,18,19). The second-order valence-electron chi connectivity index (χ2n) is 5.48. The number of nitrogens with one attached hydrogen (secondary N) is 1. The Morgan fingerprint density at radius 3 is 2.35 bits per heavy atom. The van der Waals surface area contributed by atoms with Crippen molar-refractivity contribution in [3.05, 3.63) is 35.9 Å². The molecule has 0 saturated carbocycles. The van der Waals surface area contributed by atoms with Crippen LogP contribution >= 0.6 is 0 Å². The van der Waals surface area contributed by atoms with Gasteiger partial charge in [-0.1, -0.05) is 18.2 Å². The molecule has 5 nitrogen and oxygen atoms in total. The second kappa shape index (κ2) is 7.05. The first-order chi connectivity index (χ1) is 9.29. The molecular weight excluding hydrogens is 258 g/mol. The highest BCUT2D eigenvalue weighted by molar-refractivity contribution is 5.96. The fraction of sp³-hybridized carbons (Fsp3) is 0.467. The van der Waals surface area contributed by atoms with E-state index in [2.05, 4.69) is 5.32 Å². The van der Waals surface area contributed by atoms with E-state index in [0.29, 0.717) is 5.56 Å². The van der Waals surface area contributed by atoms with Crippen molar-refractivity contribution in [2.75, 3.05) is 6.61 Å². The van der Waals surface area contributed by atoms with E-state index in [-0.39, 0.29) is 18.6 Å². The fourth-order valence-electron chi connectivity index (χ4n) is 1.57. The highest BCUT2D eigenvalue weighted by atomic mass is 16.5. The fourth-order valence-corrected chi connectivity index (χ4v) is 1.57. The average molecular weight is 279 g/mol. The number of amides is 1. The number of carboxylic acids is 1. The number of carboxylic acid groups (broad SMARTS) is 1. The molecule has 5 heteroatoms. The largest absolute Gasteiger partial charge is 0.480 e. The summed E-state index contributed by atoms with van der Waals surface area (Å²) < 4.78 is 5.48. The summed E-state index contributed by atoms with van der Waals surface area (Å²) in [5, 5.41) is 11.6. The summed E-state index contributed by atoms with van der Waals surface area (Å²) in [6.07, 6.45) is 0.227. The highest BCUT2D eigenvalue weighted by Gasteiger charge is 2.21. The summed E-state index contributed by atoms with van der Waals surface area (Å²) in [6, 6.07) is 7.58. The van der Waals surface area contributed by atoms with Crippen molar-refractivity contribution in [2.24, 2.45) is 0 Å².